The molecule has 0 fully saturated rings. The number of thiazole rings is 1. The van der Waals surface area contributed by atoms with Gasteiger partial charge < -0.3 is 10.6 Å². The van der Waals surface area contributed by atoms with Crippen LogP contribution in [-0.2, 0) is 6.54 Å². The summed E-state index contributed by atoms with van der Waals surface area (Å²) in [4.78, 5) is 17.2. The normalized spacial score (nSPS) is 10.6. The Bertz CT molecular complexity index is 965. The fourth-order valence-corrected chi connectivity index (χ4v) is 3.31. The molecular formula is C17H11Cl2F2N3OS. The molecule has 0 atom stereocenters. The molecule has 0 aliphatic carbocycles. The molecule has 3 aromatic rings. The molecule has 26 heavy (non-hydrogen) atoms. The second-order valence-corrected chi connectivity index (χ2v) is 7.32. The smallest absolute Gasteiger partial charge is 0.257 e. The lowest BCUT2D eigenvalue weighted by molar-refractivity contribution is 0.102. The molecule has 0 bridgehead atoms. The van der Waals surface area contributed by atoms with E-state index in [9.17, 15) is 13.6 Å². The van der Waals surface area contributed by atoms with Gasteiger partial charge in [0.2, 0.25) is 0 Å². The van der Waals surface area contributed by atoms with Gasteiger partial charge in [-0.1, -0.05) is 29.3 Å². The highest BCUT2D eigenvalue weighted by Gasteiger charge is 2.15. The van der Waals surface area contributed by atoms with Gasteiger partial charge in [0.1, 0.15) is 0 Å². The number of nitrogens with zero attached hydrogens (tertiary/aromatic N) is 1. The number of anilines is 2. The Kier molecular flexibility index (Phi) is 5.70. The van der Waals surface area contributed by atoms with Crippen LogP contribution in [0.15, 0.2) is 42.6 Å². The molecule has 0 radical (unpaired) electrons. The Labute approximate surface area is 161 Å². The third-order valence-electron chi connectivity index (χ3n) is 3.37. The molecule has 0 unspecified atom stereocenters. The van der Waals surface area contributed by atoms with Crippen molar-refractivity contribution in [1.82, 2.24) is 4.98 Å². The Balaban J connectivity index is 1.70. The predicted octanol–water partition coefficient (Wildman–Crippen LogP) is 5.59. The van der Waals surface area contributed by atoms with Gasteiger partial charge in [0.25, 0.3) is 5.91 Å². The number of aromatic nitrogens is 1. The van der Waals surface area contributed by atoms with Crippen molar-refractivity contribution in [1.29, 1.82) is 0 Å². The van der Waals surface area contributed by atoms with E-state index >= 15 is 0 Å². The lowest BCUT2D eigenvalue weighted by Gasteiger charge is -2.10. The monoisotopic (exact) mass is 413 g/mol. The highest BCUT2D eigenvalue weighted by atomic mass is 35.5. The second-order valence-electron chi connectivity index (χ2n) is 5.21. The number of halogens is 4. The molecule has 0 saturated heterocycles. The zero-order valence-corrected chi connectivity index (χ0v) is 15.4. The van der Waals surface area contributed by atoms with Crippen LogP contribution in [0.5, 0.6) is 0 Å². The average molecular weight is 414 g/mol. The second kappa shape index (κ2) is 7.99. The van der Waals surface area contributed by atoms with E-state index in [0.29, 0.717) is 16.7 Å². The third kappa shape index (κ3) is 4.49. The number of carbonyl (C=O) groups is 1. The number of carbonyl (C=O) groups excluding carboxylic acids is 1. The van der Waals surface area contributed by atoms with Gasteiger partial charge in [0, 0.05) is 22.4 Å². The molecule has 1 heterocycles. The third-order valence-corrected chi connectivity index (χ3v) is 4.79. The Morgan fingerprint density at radius 1 is 1.12 bits per heavy atom. The predicted molar refractivity (Wildman–Crippen MR) is 100 cm³/mol. The zero-order valence-electron chi connectivity index (χ0n) is 13.0. The van der Waals surface area contributed by atoms with E-state index in [-0.39, 0.29) is 10.6 Å². The number of rotatable bonds is 5. The fourth-order valence-electron chi connectivity index (χ4n) is 2.16. The van der Waals surface area contributed by atoms with Crippen LogP contribution in [0.2, 0.25) is 9.49 Å². The highest BCUT2D eigenvalue weighted by molar-refractivity contribution is 7.15. The van der Waals surface area contributed by atoms with E-state index in [1.54, 1.807) is 24.4 Å². The topological polar surface area (TPSA) is 54.0 Å². The minimum absolute atomic E-state index is 0.150. The van der Waals surface area contributed by atoms with E-state index in [2.05, 4.69) is 15.6 Å². The molecule has 134 valence electrons. The van der Waals surface area contributed by atoms with Gasteiger partial charge >= 0.3 is 0 Å². The van der Waals surface area contributed by atoms with Gasteiger partial charge in [-0.25, -0.2) is 13.8 Å². The van der Waals surface area contributed by atoms with E-state index < -0.39 is 17.5 Å². The highest BCUT2D eigenvalue weighted by Crippen LogP contribution is 2.23. The van der Waals surface area contributed by atoms with Crippen LogP contribution < -0.4 is 10.6 Å². The van der Waals surface area contributed by atoms with Crippen molar-refractivity contribution in [3.8, 4) is 0 Å². The molecule has 0 aliphatic heterocycles. The van der Waals surface area contributed by atoms with Crippen LogP contribution in [0.1, 0.15) is 15.2 Å². The molecule has 2 N–H and O–H groups in total. The Hall–Kier alpha value is -2.22. The molecular weight excluding hydrogens is 403 g/mol. The molecule has 9 heteroatoms. The molecule has 1 aromatic heterocycles. The summed E-state index contributed by atoms with van der Waals surface area (Å²) >= 11 is 13.0. The fraction of sp³-hybridized carbons (Fsp3) is 0.0588. The maximum absolute atomic E-state index is 13.3. The first-order chi connectivity index (χ1) is 12.4. The van der Waals surface area contributed by atoms with Crippen LogP contribution in [0, 0.1) is 11.6 Å². The first-order valence-electron chi connectivity index (χ1n) is 7.32. The SMILES string of the molecule is O=C(Nc1cccc(NCc2cnc(Cl)s2)c1)c1cc(F)c(F)cc1Cl. The number of benzene rings is 2. The van der Waals surface area contributed by atoms with Gasteiger partial charge in [0.15, 0.2) is 16.1 Å². The lowest BCUT2D eigenvalue weighted by atomic mass is 10.2. The van der Waals surface area contributed by atoms with Crippen LogP contribution >= 0.6 is 34.5 Å². The molecule has 0 aliphatic rings. The van der Waals surface area contributed by atoms with Crippen molar-refractivity contribution in [3.63, 3.8) is 0 Å². The number of hydrogen-bond donors (Lipinski definition) is 2. The maximum atomic E-state index is 13.3. The minimum atomic E-state index is -1.14. The molecule has 3 rings (SSSR count). The minimum Gasteiger partial charge on any atom is -0.380 e. The maximum Gasteiger partial charge on any atom is 0.257 e. The van der Waals surface area contributed by atoms with Crippen molar-refractivity contribution < 1.29 is 13.6 Å². The molecule has 1 amide bonds. The summed E-state index contributed by atoms with van der Waals surface area (Å²) in [6.45, 7) is 0.525. The molecule has 2 aromatic carbocycles. The van der Waals surface area contributed by atoms with Crippen molar-refractivity contribution in [2.45, 2.75) is 6.54 Å². The molecule has 0 saturated carbocycles. The van der Waals surface area contributed by atoms with E-state index in [0.717, 1.165) is 22.7 Å². The first kappa shape index (κ1) is 18.6. The summed E-state index contributed by atoms with van der Waals surface area (Å²) in [5.74, 6) is -2.89. The number of amides is 1. The Morgan fingerprint density at radius 3 is 2.58 bits per heavy atom. The van der Waals surface area contributed by atoms with Crippen LogP contribution in [0.3, 0.4) is 0 Å². The van der Waals surface area contributed by atoms with Crippen LogP contribution in [0.4, 0.5) is 20.2 Å². The van der Waals surface area contributed by atoms with Gasteiger partial charge in [-0.3, -0.25) is 4.79 Å². The Morgan fingerprint density at radius 2 is 1.85 bits per heavy atom. The standard InChI is InChI=1S/C17H11Cl2F2N3OS/c18-13-6-15(21)14(20)5-12(13)16(25)24-10-3-1-2-9(4-10)22-7-11-8-23-17(19)26-11/h1-6,8,22H,7H2,(H,24,25). The summed E-state index contributed by atoms with van der Waals surface area (Å²) in [5, 5.41) is 5.62. The van der Waals surface area contributed by atoms with Gasteiger partial charge in [-0.15, -0.1) is 11.3 Å². The summed E-state index contributed by atoms with van der Waals surface area (Å²) in [5.41, 5.74) is 1.08. The van der Waals surface area contributed by atoms with Crippen molar-refractivity contribution in [2.75, 3.05) is 10.6 Å². The van der Waals surface area contributed by atoms with Crippen molar-refractivity contribution in [3.05, 3.63) is 74.2 Å². The van der Waals surface area contributed by atoms with Gasteiger partial charge in [-0.2, -0.15) is 0 Å². The van der Waals surface area contributed by atoms with Crippen LogP contribution in [0.25, 0.3) is 0 Å². The quantitative estimate of drug-likeness (QED) is 0.535. The summed E-state index contributed by atoms with van der Waals surface area (Å²) in [7, 11) is 0. The van der Waals surface area contributed by atoms with Crippen molar-refractivity contribution >= 4 is 51.8 Å². The number of hydrogen-bond acceptors (Lipinski definition) is 4. The van der Waals surface area contributed by atoms with Gasteiger partial charge in [0.05, 0.1) is 17.1 Å². The van der Waals surface area contributed by atoms with E-state index in [1.807, 2.05) is 6.07 Å². The lowest BCUT2D eigenvalue weighted by Crippen LogP contribution is -2.13. The summed E-state index contributed by atoms with van der Waals surface area (Å²) in [6, 6.07) is 8.47. The zero-order chi connectivity index (χ0) is 18.7. The average Bonchev–Trinajstić information content (AvgIpc) is 3.02. The van der Waals surface area contributed by atoms with Crippen LogP contribution in [-0.4, -0.2) is 10.9 Å². The molecule has 0 spiro atoms. The molecule has 4 nitrogen and oxygen atoms in total. The number of nitrogens with one attached hydrogen (secondary N) is 2. The first-order valence-corrected chi connectivity index (χ1v) is 8.89. The summed E-state index contributed by atoms with van der Waals surface area (Å²) < 4.78 is 26.9. The largest absolute Gasteiger partial charge is 0.380 e. The summed E-state index contributed by atoms with van der Waals surface area (Å²) in [6.07, 6.45) is 1.68. The van der Waals surface area contributed by atoms with E-state index in [1.165, 1.54) is 11.3 Å². The van der Waals surface area contributed by atoms with Crippen molar-refractivity contribution in [2.24, 2.45) is 0 Å². The van der Waals surface area contributed by atoms with E-state index in [4.69, 9.17) is 23.2 Å². The van der Waals surface area contributed by atoms with Gasteiger partial charge in [-0.05, 0) is 30.3 Å².